The summed E-state index contributed by atoms with van der Waals surface area (Å²) in [4.78, 5) is 36.4. The molecule has 0 unspecified atom stereocenters. The third-order valence-electron chi connectivity index (χ3n) is 3.35. The molecule has 3 amide bonds. The zero-order valence-corrected chi connectivity index (χ0v) is 10.8. The lowest BCUT2D eigenvalue weighted by atomic mass is 10.0. The molecule has 2 rings (SSSR count). The molecule has 6 nitrogen and oxygen atoms in total. The Kier molecular flexibility index (Phi) is 3.38. The van der Waals surface area contributed by atoms with Gasteiger partial charge in [0.05, 0.1) is 12.1 Å². The molecule has 100 valence electrons. The summed E-state index contributed by atoms with van der Waals surface area (Å²) in [5.41, 5.74) is -0.787. The van der Waals surface area contributed by atoms with E-state index in [0.29, 0.717) is 12.5 Å². The number of hydrogen-bond donors (Lipinski definition) is 2. The highest BCUT2D eigenvalue weighted by atomic mass is 16.2. The molecule has 0 aromatic carbocycles. The van der Waals surface area contributed by atoms with Gasteiger partial charge in [0, 0.05) is 6.54 Å². The minimum Gasteiger partial charge on any atom is -0.354 e. The van der Waals surface area contributed by atoms with Crippen LogP contribution in [0.5, 0.6) is 0 Å². The predicted molar refractivity (Wildman–Crippen MR) is 64.5 cm³/mol. The van der Waals surface area contributed by atoms with Crippen molar-refractivity contribution in [2.24, 2.45) is 5.92 Å². The van der Waals surface area contributed by atoms with Gasteiger partial charge in [-0.25, -0.2) is 0 Å². The van der Waals surface area contributed by atoms with Crippen LogP contribution < -0.4 is 10.6 Å². The normalized spacial score (nSPS) is 23.1. The van der Waals surface area contributed by atoms with Crippen LogP contribution in [0.3, 0.4) is 0 Å². The average Bonchev–Trinajstić information content (AvgIpc) is 3.12. The summed E-state index contributed by atoms with van der Waals surface area (Å²) >= 11 is 0. The molecule has 1 aliphatic carbocycles. The maximum absolute atomic E-state index is 12.0. The van der Waals surface area contributed by atoms with E-state index in [9.17, 15) is 14.4 Å². The van der Waals surface area contributed by atoms with E-state index in [1.807, 2.05) is 0 Å². The van der Waals surface area contributed by atoms with Crippen molar-refractivity contribution in [3.63, 3.8) is 0 Å². The Morgan fingerprint density at radius 1 is 1.44 bits per heavy atom. The molecule has 2 fully saturated rings. The molecular formula is C12H19N3O3. The summed E-state index contributed by atoms with van der Waals surface area (Å²) in [6, 6.07) is 0. The van der Waals surface area contributed by atoms with Crippen molar-refractivity contribution in [1.82, 2.24) is 15.5 Å². The van der Waals surface area contributed by atoms with Gasteiger partial charge in [-0.2, -0.15) is 0 Å². The van der Waals surface area contributed by atoms with Crippen LogP contribution in [-0.4, -0.2) is 47.8 Å². The van der Waals surface area contributed by atoms with Crippen LogP contribution in [0.15, 0.2) is 0 Å². The Morgan fingerprint density at radius 2 is 2.11 bits per heavy atom. The number of hydrogen-bond acceptors (Lipinski definition) is 4. The second kappa shape index (κ2) is 4.68. The maximum atomic E-state index is 12.0. The van der Waals surface area contributed by atoms with Crippen molar-refractivity contribution < 1.29 is 14.4 Å². The van der Waals surface area contributed by atoms with Crippen molar-refractivity contribution >= 4 is 17.7 Å². The quantitative estimate of drug-likeness (QED) is 0.646. The van der Waals surface area contributed by atoms with E-state index >= 15 is 0 Å². The third-order valence-corrected chi connectivity index (χ3v) is 3.35. The molecule has 0 bridgehead atoms. The molecule has 0 spiro atoms. The number of rotatable bonds is 4. The van der Waals surface area contributed by atoms with Crippen molar-refractivity contribution in [3.8, 4) is 0 Å². The molecule has 1 aliphatic heterocycles. The summed E-state index contributed by atoms with van der Waals surface area (Å²) in [5.74, 6) is -0.373. The van der Waals surface area contributed by atoms with Gasteiger partial charge in [0.15, 0.2) is 0 Å². The Morgan fingerprint density at radius 3 is 2.72 bits per heavy atom. The minimum atomic E-state index is -0.787. The number of nitrogens with one attached hydrogen (secondary N) is 2. The minimum absolute atomic E-state index is 0.0919. The first-order valence-corrected chi connectivity index (χ1v) is 6.26. The Bertz CT molecular complexity index is 388. The highest BCUT2D eigenvalue weighted by Crippen LogP contribution is 2.27. The second-order valence-corrected chi connectivity index (χ2v) is 5.51. The van der Waals surface area contributed by atoms with Crippen LogP contribution >= 0.6 is 0 Å². The van der Waals surface area contributed by atoms with E-state index in [1.165, 1.54) is 0 Å². The Hall–Kier alpha value is -1.43. The van der Waals surface area contributed by atoms with Crippen LogP contribution in [-0.2, 0) is 14.4 Å². The largest absolute Gasteiger partial charge is 0.354 e. The SMILES string of the molecule is CC1(C)NCC(=O)N(CC(=O)NCC2CC2)C1=O. The molecule has 0 aromatic heterocycles. The fraction of sp³-hybridized carbons (Fsp3) is 0.750. The molecule has 18 heavy (non-hydrogen) atoms. The zero-order chi connectivity index (χ0) is 13.3. The maximum Gasteiger partial charge on any atom is 0.249 e. The summed E-state index contributed by atoms with van der Waals surface area (Å²) in [6.07, 6.45) is 2.30. The van der Waals surface area contributed by atoms with E-state index in [1.54, 1.807) is 13.8 Å². The van der Waals surface area contributed by atoms with E-state index in [2.05, 4.69) is 10.6 Å². The monoisotopic (exact) mass is 253 g/mol. The smallest absolute Gasteiger partial charge is 0.249 e. The molecule has 0 radical (unpaired) electrons. The summed E-state index contributed by atoms with van der Waals surface area (Å²) in [5, 5.41) is 5.60. The lowest BCUT2D eigenvalue weighted by Crippen LogP contribution is -2.64. The van der Waals surface area contributed by atoms with Gasteiger partial charge < -0.3 is 5.32 Å². The van der Waals surface area contributed by atoms with Crippen molar-refractivity contribution in [2.75, 3.05) is 19.6 Å². The highest BCUT2D eigenvalue weighted by molar-refractivity contribution is 6.05. The molecule has 0 atom stereocenters. The van der Waals surface area contributed by atoms with Crippen LogP contribution in [0, 0.1) is 5.92 Å². The number of imide groups is 1. The Balaban J connectivity index is 1.90. The van der Waals surface area contributed by atoms with Gasteiger partial charge in [-0.05, 0) is 32.6 Å². The third kappa shape index (κ3) is 2.87. The van der Waals surface area contributed by atoms with Crippen molar-refractivity contribution in [2.45, 2.75) is 32.2 Å². The van der Waals surface area contributed by atoms with Crippen LogP contribution in [0.2, 0.25) is 0 Å². The zero-order valence-electron chi connectivity index (χ0n) is 10.8. The fourth-order valence-electron chi connectivity index (χ4n) is 1.86. The van der Waals surface area contributed by atoms with E-state index in [-0.39, 0.29) is 30.8 Å². The van der Waals surface area contributed by atoms with Gasteiger partial charge >= 0.3 is 0 Å². The first-order valence-electron chi connectivity index (χ1n) is 6.26. The van der Waals surface area contributed by atoms with Crippen LogP contribution in [0.1, 0.15) is 26.7 Å². The second-order valence-electron chi connectivity index (χ2n) is 5.51. The lowest BCUT2D eigenvalue weighted by Gasteiger charge is -2.36. The molecule has 2 N–H and O–H groups in total. The van der Waals surface area contributed by atoms with Gasteiger partial charge in [-0.3, -0.25) is 24.6 Å². The number of nitrogens with zero attached hydrogens (tertiary/aromatic N) is 1. The van der Waals surface area contributed by atoms with E-state index < -0.39 is 5.54 Å². The topological polar surface area (TPSA) is 78.5 Å². The van der Waals surface area contributed by atoms with Crippen LogP contribution in [0.25, 0.3) is 0 Å². The van der Waals surface area contributed by atoms with Crippen LogP contribution in [0.4, 0.5) is 0 Å². The molecule has 1 saturated heterocycles. The lowest BCUT2D eigenvalue weighted by molar-refractivity contribution is -0.154. The molecule has 0 aromatic rings. The van der Waals surface area contributed by atoms with Crippen molar-refractivity contribution in [1.29, 1.82) is 0 Å². The van der Waals surface area contributed by atoms with Gasteiger partial charge in [-0.1, -0.05) is 0 Å². The fourth-order valence-corrected chi connectivity index (χ4v) is 1.86. The average molecular weight is 253 g/mol. The van der Waals surface area contributed by atoms with Gasteiger partial charge in [0.1, 0.15) is 6.54 Å². The van der Waals surface area contributed by atoms with E-state index in [4.69, 9.17) is 0 Å². The van der Waals surface area contributed by atoms with Crippen molar-refractivity contribution in [3.05, 3.63) is 0 Å². The van der Waals surface area contributed by atoms with Gasteiger partial charge in [0.25, 0.3) is 0 Å². The summed E-state index contributed by atoms with van der Waals surface area (Å²) in [7, 11) is 0. The number of amides is 3. The highest BCUT2D eigenvalue weighted by Gasteiger charge is 2.40. The predicted octanol–water partition coefficient (Wildman–Crippen LogP) is -0.750. The van der Waals surface area contributed by atoms with Gasteiger partial charge in [0.2, 0.25) is 17.7 Å². The van der Waals surface area contributed by atoms with Gasteiger partial charge in [-0.15, -0.1) is 0 Å². The molecule has 1 saturated carbocycles. The summed E-state index contributed by atoms with van der Waals surface area (Å²) < 4.78 is 0. The molecule has 6 heteroatoms. The molecule has 1 heterocycles. The molecule has 2 aliphatic rings. The Labute approximate surface area is 106 Å². The number of piperazine rings is 1. The summed E-state index contributed by atoms with van der Waals surface area (Å²) in [6.45, 7) is 3.98. The standard InChI is InChI=1S/C12H19N3O3/c1-12(2)11(18)15(10(17)6-14-12)7-9(16)13-5-8-3-4-8/h8,14H,3-7H2,1-2H3,(H,13,16). The molecular weight excluding hydrogens is 234 g/mol. The first-order chi connectivity index (χ1) is 8.40. The number of carbonyl (C=O) groups is 3. The number of carbonyl (C=O) groups excluding carboxylic acids is 3. The van der Waals surface area contributed by atoms with E-state index in [0.717, 1.165) is 17.7 Å². The first kappa shape index (κ1) is 13.0.